The van der Waals surface area contributed by atoms with Gasteiger partial charge in [-0.2, -0.15) is 0 Å². The zero-order valence-electron chi connectivity index (χ0n) is 10.7. The number of rotatable bonds is 1. The van der Waals surface area contributed by atoms with E-state index < -0.39 is 0 Å². The lowest BCUT2D eigenvalue weighted by atomic mass is 9.89. The second kappa shape index (κ2) is 5.83. The van der Waals surface area contributed by atoms with Crippen LogP contribution in [0.15, 0.2) is 36.0 Å². The number of allylic oxidation sites excluding steroid dienone is 6. The Balaban J connectivity index is 2.98. The summed E-state index contributed by atoms with van der Waals surface area (Å²) in [5, 5.41) is 0. The molecule has 0 bridgehead atoms. The number of ketones is 1. The van der Waals surface area contributed by atoms with Gasteiger partial charge in [0.25, 0.3) is 0 Å². The van der Waals surface area contributed by atoms with Gasteiger partial charge in [0.1, 0.15) is 5.78 Å². The molecule has 16 heavy (non-hydrogen) atoms. The minimum atomic E-state index is -0.0267. The van der Waals surface area contributed by atoms with Crippen molar-refractivity contribution in [3.63, 3.8) is 0 Å². The van der Waals surface area contributed by atoms with Crippen LogP contribution in [0, 0.1) is 17.8 Å². The molecule has 3 unspecified atom stereocenters. The van der Waals surface area contributed by atoms with Crippen molar-refractivity contribution in [3.8, 4) is 0 Å². The molecule has 0 N–H and O–H groups in total. The topological polar surface area (TPSA) is 17.1 Å². The zero-order valence-corrected chi connectivity index (χ0v) is 10.7. The summed E-state index contributed by atoms with van der Waals surface area (Å²) >= 11 is 0. The first-order valence-electron chi connectivity index (χ1n) is 6.04. The van der Waals surface area contributed by atoms with E-state index in [4.69, 9.17) is 0 Å². The minimum absolute atomic E-state index is 0.0267. The van der Waals surface area contributed by atoms with Crippen LogP contribution in [0.1, 0.15) is 34.1 Å². The largest absolute Gasteiger partial charge is 0.299 e. The molecular formula is C15H22O. The standard InChI is InChI=1S/C15H22O/c1-11-7-5-6-8-13(3)15(14(4)16)10-9-12(11)2/h5,7-12,15H,6H2,1-4H3/b7-5-,10-9+,13-8?. The van der Waals surface area contributed by atoms with Gasteiger partial charge in [-0.05, 0) is 32.1 Å². The van der Waals surface area contributed by atoms with Crippen molar-refractivity contribution in [2.75, 3.05) is 0 Å². The minimum Gasteiger partial charge on any atom is -0.299 e. The first-order chi connectivity index (χ1) is 7.52. The maximum atomic E-state index is 11.6. The van der Waals surface area contributed by atoms with Gasteiger partial charge in [-0.3, -0.25) is 4.79 Å². The molecule has 0 saturated heterocycles. The maximum absolute atomic E-state index is 11.6. The lowest BCUT2D eigenvalue weighted by molar-refractivity contribution is -0.118. The maximum Gasteiger partial charge on any atom is 0.140 e. The molecule has 1 aliphatic rings. The van der Waals surface area contributed by atoms with E-state index in [1.165, 1.54) is 0 Å². The number of hydrogen-bond acceptors (Lipinski definition) is 1. The van der Waals surface area contributed by atoms with E-state index >= 15 is 0 Å². The molecule has 0 aromatic heterocycles. The fourth-order valence-electron chi connectivity index (χ4n) is 1.92. The molecule has 0 amide bonds. The van der Waals surface area contributed by atoms with Gasteiger partial charge in [-0.1, -0.05) is 49.8 Å². The summed E-state index contributed by atoms with van der Waals surface area (Å²) < 4.78 is 0. The zero-order chi connectivity index (χ0) is 12.1. The lowest BCUT2D eigenvalue weighted by Crippen LogP contribution is -2.11. The van der Waals surface area contributed by atoms with E-state index in [0.717, 1.165) is 12.0 Å². The molecule has 88 valence electrons. The molecule has 0 spiro atoms. The first-order valence-corrected chi connectivity index (χ1v) is 6.04. The Hall–Kier alpha value is -1.11. The van der Waals surface area contributed by atoms with Crippen LogP contribution in [-0.2, 0) is 4.79 Å². The van der Waals surface area contributed by atoms with Crippen molar-refractivity contribution in [2.45, 2.75) is 34.1 Å². The Kier molecular flexibility index (Phi) is 4.72. The van der Waals surface area contributed by atoms with E-state index in [-0.39, 0.29) is 11.7 Å². The molecular weight excluding hydrogens is 196 g/mol. The van der Waals surface area contributed by atoms with Crippen LogP contribution in [0.5, 0.6) is 0 Å². The highest BCUT2D eigenvalue weighted by atomic mass is 16.1. The van der Waals surface area contributed by atoms with E-state index in [9.17, 15) is 4.79 Å². The second-order valence-corrected chi connectivity index (χ2v) is 4.80. The third-order valence-corrected chi connectivity index (χ3v) is 3.38. The molecule has 1 nitrogen and oxygen atoms in total. The number of carbonyl (C=O) groups is 1. The SMILES string of the molecule is CC(=O)C1/C=C/C(C)C(C)/C=C\CC=C1C. The number of carbonyl (C=O) groups excluding carboxylic acids is 1. The lowest BCUT2D eigenvalue weighted by Gasteiger charge is -2.16. The molecule has 0 aliphatic heterocycles. The fourth-order valence-corrected chi connectivity index (χ4v) is 1.92. The molecule has 1 heteroatoms. The Morgan fingerprint density at radius 3 is 2.44 bits per heavy atom. The van der Waals surface area contributed by atoms with Crippen LogP contribution in [0.3, 0.4) is 0 Å². The summed E-state index contributed by atoms with van der Waals surface area (Å²) in [6.07, 6.45) is 11.8. The van der Waals surface area contributed by atoms with Gasteiger partial charge in [-0.25, -0.2) is 0 Å². The Bertz CT molecular complexity index is 333. The Labute approximate surface area is 98.9 Å². The smallest absolute Gasteiger partial charge is 0.140 e. The molecule has 1 aliphatic carbocycles. The van der Waals surface area contributed by atoms with Gasteiger partial charge < -0.3 is 0 Å². The molecule has 0 aromatic rings. The van der Waals surface area contributed by atoms with Gasteiger partial charge in [-0.15, -0.1) is 0 Å². The van der Waals surface area contributed by atoms with Gasteiger partial charge in [0.2, 0.25) is 0 Å². The summed E-state index contributed by atoms with van der Waals surface area (Å²) in [6, 6.07) is 0. The van der Waals surface area contributed by atoms with Gasteiger partial charge in [0, 0.05) is 0 Å². The normalized spacial score (nSPS) is 35.0. The van der Waals surface area contributed by atoms with E-state index in [1.54, 1.807) is 6.92 Å². The summed E-state index contributed by atoms with van der Waals surface area (Å²) in [6.45, 7) is 8.12. The van der Waals surface area contributed by atoms with Crippen LogP contribution in [0.4, 0.5) is 0 Å². The predicted molar refractivity (Wildman–Crippen MR) is 69.2 cm³/mol. The first kappa shape index (κ1) is 13.0. The van der Waals surface area contributed by atoms with E-state index in [2.05, 4.69) is 44.2 Å². The van der Waals surface area contributed by atoms with Crippen LogP contribution < -0.4 is 0 Å². The van der Waals surface area contributed by atoms with E-state index in [0.29, 0.717) is 11.8 Å². The molecule has 1 rings (SSSR count). The van der Waals surface area contributed by atoms with Crippen LogP contribution >= 0.6 is 0 Å². The van der Waals surface area contributed by atoms with Crippen LogP contribution in [0.25, 0.3) is 0 Å². The van der Waals surface area contributed by atoms with Crippen LogP contribution in [0.2, 0.25) is 0 Å². The van der Waals surface area contributed by atoms with Crippen molar-refractivity contribution in [3.05, 3.63) is 36.0 Å². The van der Waals surface area contributed by atoms with Crippen molar-refractivity contribution in [2.24, 2.45) is 17.8 Å². The Morgan fingerprint density at radius 1 is 1.19 bits per heavy atom. The molecule has 0 fully saturated rings. The third kappa shape index (κ3) is 3.48. The Morgan fingerprint density at radius 2 is 1.81 bits per heavy atom. The highest BCUT2D eigenvalue weighted by Crippen LogP contribution is 2.21. The molecule has 0 heterocycles. The van der Waals surface area contributed by atoms with Gasteiger partial charge >= 0.3 is 0 Å². The monoisotopic (exact) mass is 218 g/mol. The summed E-state index contributed by atoms with van der Waals surface area (Å²) in [7, 11) is 0. The average molecular weight is 218 g/mol. The molecule has 0 radical (unpaired) electrons. The fraction of sp³-hybridized carbons (Fsp3) is 0.533. The quantitative estimate of drug-likeness (QED) is 0.609. The summed E-state index contributed by atoms with van der Waals surface area (Å²) in [4.78, 5) is 11.6. The molecule has 3 atom stereocenters. The number of hydrogen-bond donors (Lipinski definition) is 0. The summed E-state index contributed by atoms with van der Waals surface area (Å²) in [5.41, 5.74) is 1.16. The molecule has 0 saturated carbocycles. The van der Waals surface area contributed by atoms with Crippen molar-refractivity contribution < 1.29 is 4.79 Å². The number of Topliss-reactive ketones (excluding diaryl/α,β-unsaturated/α-hetero) is 1. The van der Waals surface area contributed by atoms with Crippen molar-refractivity contribution in [1.82, 2.24) is 0 Å². The van der Waals surface area contributed by atoms with Crippen molar-refractivity contribution in [1.29, 1.82) is 0 Å². The van der Waals surface area contributed by atoms with E-state index in [1.807, 2.05) is 6.92 Å². The molecule has 0 aromatic carbocycles. The predicted octanol–water partition coefficient (Wildman–Crippen LogP) is 3.93. The van der Waals surface area contributed by atoms with Gasteiger partial charge in [0.15, 0.2) is 0 Å². The van der Waals surface area contributed by atoms with Crippen LogP contribution in [-0.4, -0.2) is 5.78 Å². The van der Waals surface area contributed by atoms with Gasteiger partial charge in [0.05, 0.1) is 5.92 Å². The van der Waals surface area contributed by atoms with Crippen molar-refractivity contribution >= 4 is 5.78 Å². The average Bonchev–Trinajstić information content (AvgIpc) is 2.22. The highest BCUT2D eigenvalue weighted by Gasteiger charge is 2.14. The second-order valence-electron chi connectivity index (χ2n) is 4.80. The third-order valence-electron chi connectivity index (χ3n) is 3.38. The highest BCUT2D eigenvalue weighted by molar-refractivity contribution is 5.83. The summed E-state index contributed by atoms with van der Waals surface area (Å²) in [5.74, 6) is 1.23.